The van der Waals surface area contributed by atoms with Crippen LogP contribution in [0.1, 0.15) is 240 Å². The van der Waals surface area contributed by atoms with Gasteiger partial charge in [0.25, 0.3) is 0 Å². The molecule has 0 bridgehead atoms. The maximum absolute atomic E-state index is 13.0. The highest BCUT2D eigenvalue weighted by Crippen LogP contribution is 2.32. The first-order valence-corrected chi connectivity index (χ1v) is 30.3. The van der Waals surface area contributed by atoms with Crippen LogP contribution >= 0.6 is 58.0 Å². The van der Waals surface area contributed by atoms with E-state index in [-0.39, 0.29) is 36.2 Å². The number of pyridine rings is 2. The normalized spacial score (nSPS) is 10.8. The van der Waals surface area contributed by atoms with E-state index in [4.69, 9.17) is 67.8 Å². The van der Waals surface area contributed by atoms with E-state index < -0.39 is 0 Å². The molecule has 11 heteroatoms. The Labute approximate surface area is 510 Å². The number of aliphatic hydroxyl groups excluding tert-OH is 1. The van der Waals surface area contributed by atoms with Crippen molar-refractivity contribution in [3.05, 3.63) is 189 Å². The molecule has 0 aliphatic carbocycles. The first-order valence-electron chi connectivity index (χ1n) is 28.5. The number of benzene rings is 4. The molecule has 1 N–H and O–H groups in total. The largest absolute Gasteiger partial charge is 0.491 e. The smallest absolute Gasteiger partial charge is 0.146 e. The van der Waals surface area contributed by atoms with E-state index in [1.165, 1.54) is 75.8 Å². The molecule has 4 aromatic carbocycles. The molecule has 2 heterocycles. The third-order valence-corrected chi connectivity index (χ3v) is 14.8. The zero-order valence-corrected chi connectivity index (χ0v) is 56.6. The molecule has 0 saturated carbocycles. The fourth-order valence-corrected chi connectivity index (χ4v) is 11.9. The summed E-state index contributed by atoms with van der Waals surface area (Å²) in [5.74, 6) is 4.53. The minimum atomic E-state index is -0.326. The van der Waals surface area contributed by atoms with Crippen molar-refractivity contribution in [3.8, 4) is 5.75 Å². The van der Waals surface area contributed by atoms with Gasteiger partial charge in [0, 0.05) is 39.8 Å². The number of nitrogens with zero attached hydrogens (tertiary/aromatic N) is 2. The van der Waals surface area contributed by atoms with Crippen LogP contribution < -0.4 is 4.74 Å². The Morgan fingerprint density at radius 3 is 1.04 bits per heavy atom. The first-order chi connectivity index (χ1) is 37.2. The Balaban J connectivity index is 0.000000916. The van der Waals surface area contributed by atoms with Crippen molar-refractivity contribution in [3.63, 3.8) is 0 Å². The lowest BCUT2D eigenvalue weighted by atomic mass is 9.91. The van der Waals surface area contributed by atoms with Crippen LogP contribution in [0.4, 0.5) is 8.78 Å². The van der Waals surface area contributed by atoms with E-state index in [0.29, 0.717) is 54.9 Å². The van der Waals surface area contributed by atoms with Crippen molar-refractivity contribution in [1.82, 2.24) is 9.97 Å². The summed E-state index contributed by atoms with van der Waals surface area (Å²) in [7, 11) is 0. The molecule has 6 aromatic rings. The second-order valence-corrected chi connectivity index (χ2v) is 24.9. The molecule has 0 amide bonds. The van der Waals surface area contributed by atoms with Gasteiger partial charge in [0.15, 0.2) is 0 Å². The van der Waals surface area contributed by atoms with Gasteiger partial charge < -0.3 is 9.84 Å². The zero-order valence-electron chi connectivity index (χ0n) is 52.8. The summed E-state index contributed by atoms with van der Waals surface area (Å²) in [5, 5.41) is 12.1. The van der Waals surface area contributed by atoms with Gasteiger partial charge in [-0.05, 0) is 182 Å². The lowest BCUT2D eigenvalue weighted by Gasteiger charge is -2.17. The Morgan fingerprint density at radius 1 is 0.425 bits per heavy atom. The quantitative estimate of drug-likeness (QED) is 0.133. The molecule has 0 spiro atoms. The highest BCUT2D eigenvalue weighted by molar-refractivity contribution is 6.36. The van der Waals surface area contributed by atoms with Crippen LogP contribution in [0.25, 0.3) is 0 Å². The lowest BCUT2D eigenvalue weighted by Crippen LogP contribution is -2.07. The zero-order chi connectivity index (χ0) is 61.9. The number of aryl methyl sites for hydroxylation is 5. The number of hydrogen-bond acceptors (Lipinski definition) is 4. The average molecular weight is 1200 g/mol. The minimum absolute atomic E-state index is 0.102. The molecule has 0 radical (unpaired) electrons. The number of ether oxygens (including phenoxy) is 1. The van der Waals surface area contributed by atoms with Gasteiger partial charge in [-0.1, -0.05) is 212 Å². The third-order valence-electron chi connectivity index (χ3n) is 13.3. The Kier molecular flexibility index (Phi) is 37.1. The summed E-state index contributed by atoms with van der Waals surface area (Å²) >= 11 is 29.3. The van der Waals surface area contributed by atoms with Crippen LogP contribution in [-0.4, -0.2) is 21.2 Å². The number of halogens is 7. The molecule has 0 aliphatic heterocycles. The average Bonchev–Trinajstić information content (AvgIpc) is 3.31. The van der Waals surface area contributed by atoms with Gasteiger partial charge in [-0.3, -0.25) is 9.97 Å². The van der Waals surface area contributed by atoms with Gasteiger partial charge >= 0.3 is 0 Å². The van der Waals surface area contributed by atoms with E-state index in [9.17, 15) is 8.78 Å². The van der Waals surface area contributed by atoms with Gasteiger partial charge in [-0.25, -0.2) is 8.78 Å². The summed E-state index contributed by atoms with van der Waals surface area (Å²) in [6.45, 7) is 49.0. The molecule has 4 nitrogen and oxygen atoms in total. The van der Waals surface area contributed by atoms with Crippen molar-refractivity contribution in [2.45, 2.75) is 220 Å². The molecular formula is C69H99Cl5F2N2O2. The predicted molar refractivity (Wildman–Crippen MR) is 348 cm³/mol. The van der Waals surface area contributed by atoms with Crippen LogP contribution in [0, 0.1) is 58.1 Å². The highest BCUT2D eigenvalue weighted by Gasteiger charge is 2.14. The second kappa shape index (κ2) is 38.9. The van der Waals surface area contributed by atoms with E-state index in [1.54, 1.807) is 24.5 Å². The number of aromatic nitrogens is 2. The molecule has 80 heavy (non-hydrogen) atoms. The van der Waals surface area contributed by atoms with Crippen molar-refractivity contribution in [2.24, 2.45) is 11.8 Å². The molecule has 2 aromatic heterocycles. The van der Waals surface area contributed by atoms with Gasteiger partial charge in [0.1, 0.15) is 17.4 Å². The fraction of sp³-hybridized carbons (Fsp3) is 0.507. The van der Waals surface area contributed by atoms with Crippen LogP contribution in [0.2, 0.25) is 25.1 Å². The SMILES string of the molecule is CC(C)c1c(Cl)cncc1Cl.CC(C)c1c(F)cccc1Cl.CC(C)c1c(F)cncc1Cl.CCC(CC)C(C)C.Cc1cc(CO)cc(C)c1C(C)C.Cc1cc(OC(C)C)cc(C)c1C(C)C.Cc1cccc(Cl)c1C(C)C. The number of rotatable bonds is 12. The summed E-state index contributed by atoms with van der Waals surface area (Å²) in [6.07, 6.45) is 8.79. The Morgan fingerprint density at radius 2 is 0.775 bits per heavy atom. The van der Waals surface area contributed by atoms with Crippen LogP contribution in [-0.2, 0) is 6.61 Å². The lowest BCUT2D eigenvalue weighted by molar-refractivity contribution is 0.242. The molecule has 446 valence electrons. The highest BCUT2D eigenvalue weighted by atomic mass is 35.5. The molecule has 0 atom stereocenters. The van der Waals surface area contributed by atoms with Crippen molar-refractivity contribution in [2.75, 3.05) is 0 Å². The second-order valence-electron chi connectivity index (χ2n) is 22.8. The maximum atomic E-state index is 13.0. The minimum Gasteiger partial charge on any atom is -0.491 e. The Hall–Kier alpha value is -3.75. The van der Waals surface area contributed by atoms with E-state index in [0.717, 1.165) is 33.7 Å². The van der Waals surface area contributed by atoms with Crippen molar-refractivity contribution < 1.29 is 18.6 Å². The van der Waals surface area contributed by atoms with Gasteiger partial charge in [-0.2, -0.15) is 0 Å². The van der Waals surface area contributed by atoms with Crippen LogP contribution in [0.3, 0.4) is 0 Å². The molecule has 0 unspecified atom stereocenters. The summed E-state index contributed by atoms with van der Waals surface area (Å²) in [4.78, 5) is 7.48. The topological polar surface area (TPSA) is 55.2 Å². The summed E-state index contributed by atoms with van der Waals surface area (Å²) in [6, 6.07) is 19.2. The van der Waals surface area contributed by atoms with Gasteiger partial charge in [-0.15, -0.1) is 0 Å². The van der Waals surface area contributed by atoms with E-state index in [1.807, 2.05) is 53.7 Å². The van der Waals surface area contributed by atoms with Gasteiger partial charge in [0.2, 0.25) is 0 Å². The van der Waals surface area contributed by atoms with E-state index in [2.05, 4.69) is 158 Å². The van der Waals surface area contributed by atoms with E-state index >= 15 is 0 Å². The molecule has 0 saturated heterocycles. The predicted octanol–water partition coefficient (Wildman–Crippen LogP) is 24.1. The van der Waals surface area contributed by atoms with Crippen LogP contribution in [0.5, 0.6) is 5.75 Å². The number of hydrogen-bond donors (Lipinski definition) is 1. The monoisotopic (exact) mass is 1200 g/mol. The summed E-state index contributed by atoms with van der Waals surface area (Å²) in [5.41, 5.74) is 13.8. The third kappa shape index (κ3) is 26.7. The van der Waals surface area contributed by atoms with Gasteiger partial charge in [0.05, 0.1) is 34.0 Å². The standard InChI is InChI=1S/C14H22O.C12H18O.C10H13Cl.C9H10ClF.C8H9Cl2N.C8H9ClFN.C8H18/c1-9(2)14-11(5)7-13(8-12(14)6)15-10(3)4;1-8(2)12-9(3)5-11(7-13)6-10(12)4;1-7(2)10-8(3)5-4-6-9(10)11;1-6(2)9-7(10)4-3-5-8(9)11;2*1-5(2)8-6(9)3-11-4-7(8)10;1-5-8(6-2)7(3)4/h7-10H,1-6H3;5-6,8,13H,7H2,1-4H3;4-7H,1-3H3;3-6H,1-2H3;2*3-5H,1-2H3;7-8H,5-6H2,1-4H3. The fourth-order valence-electron chi connectivity index (χ4n) is 9.87. The first kappa shape index (κ1) is 76.2. The number of aliphatic hydroxyl groups is 1. The maximum Gasteiger partial charge on any atom is 0.146 e. The Bertz CT molecular complexity index is 2380. The molecule has 0 fully saturated rings. The van der Waals surface area contributed by atoms with Crippen LogP contribution in [0.15, 0.2) is 85.5 Å². The molecule has 0 aliphatic rings. The summed E-state index contributed by atoms with van der Waals surface area (Å²) < 4.78 is 31.7. The van der Waals surface area contributed by atoms with Crippen molar-refractivity contribution in [1.29, 1.82) is 0 Å². The molecule has 6 rings (SSSR count). The molecular weight excluding hydrogens is 1100 g/mol. The van der Waals surface area contributed by atoms with Crippen molar-refractivity contribution >= 4 is 58.0 Å².